The molecule has 1 fully saturated rings. The molecule has 100 valence electrons. The lowest BCUT2D eigenvalue weighted by Crippen LogP contribution is -2.34. The van der Waals surface area contributed by atoms with Gasteiger partial charge in [0.25, 0.3) is 0 Å². The van der Waals surface area contributed by atoms with Gasteiger partial charge in [-0.1, -0.05) is 17.7 Å². The van der Waals surface area contributed by atoms with Crippen LogP contribution in [0.25, 0.3) is 0 Å². The monoisotopic (exact) mass is 271 g/mol. The van der Waals surface area contributed by atoms with Crippen LogP contribution in [0.2, 0.25) is 5.02 Å². The van der Waals surface area contributed by atoms with Gasteiger partial charge in [-0.3, -0.25) is 0 Å². The summed E-state index contributed by atoms with van der Waals surface area (Å²) in [6, 6.07) is 3.74. The maximum atomic E-state index is 9.25. The second-order valence-electron chi connectivity index (χ2n) is 4.57. The summed E-state index contributed by atoms with van der Waals surface area (Å²) in [5.74, 6) is 1.17. The molecule has 4 nitrogen and oxygen atoms in total. The minimum absolute atomic E-state index is 0.101. The zero-order chi connectivity index (χ0) is 13.2. The van der Waals surface area contributed by atoms with Crippen LogP contribution in [0.15, 0.2) is 12.1 Å². The maximum Gasteiger partial charge on any atom is 0.179 e. The number of aliphatic hydroxyl groups is 1. The largest absolute Gasteiger partial charge is 0.493 e. The second kappa shape index (κ2) is 5.34. The number of nitrogens with one attached hydrogen (secondary N) is 1. The van der Waals surface area contributed by atoms with Crippen LogP contribution < -0.4 is 14.8 Å². The molecular weight excluding hydrogens is 254 g/mol. The van der Waals surface area contributed by atoms with E-state index in [0.29, 0.717) is 23.1 Å². The van der Waals surface area contributed by atoms with Crippen molar-refractivity contribution in [3.63, 3.8) is 0 Å². The first-order valence-electron chi connectivity index (χ1n) is 5.91. The number of hydrogen-bond donors (Lipinski definition) is 2. The molecule has 0 bridgehead atoms. The third-order valence-corrected chi connectivity index (χ3v) is 3.79. The van der Waals surface area contributed by atoms with Crippen molar-refractivity contribution in [3.8, 4) is 11.5 Å². The predicted octanol–water partition coefficient (Wildman–Crippen LogP) is 1.97. The summed E-state index contributed by atoms with van der Waals surface area (Å²) in [6.07, 6.45) is 2.02. The zero-order valence-electron chi connectivity index (χ0n) is 10.6. The van der Waals surface area contributed by atoms with Gasteiger partial charge in [-0.05, 0) is 24.5 Å². The van der Waals surface area contributed by atoms with Crippen LogP contribution in [0.5, 0.6) is 11.5 Å². The van der Waals surface area contributed by atoms with Gasteiger partial charge in [0, 0.05) is 12.1 Å². The maximum absolute atomic E-state index is 9.25. The molecule has 0 aliphatic heterocycles. The first-order chi connectivity index (χ1) is 8.65. The number of methoxy groups -OCH3 is 2. The van der Waals surface area contributed by atoms with Crippen molar-refractivity contribution in [2.24, 2.45) is 0 Å². The standard InChI is InChI=1S/C13H18ClNO3/c1-17-10-4-3-9(11(14)12(10)18-2)7-15-13(8-16)5-6-13/h3-4,15-16H,5-8H2,1-2H3. The highest BCUT2D eigenvalue weighted by atomic mass is 35.5. The van der Waals surface area contributed by atoms with E-state index in [1.54, 1.807) is 14.2 Å². The van der Waals surface area contributed by atoms with Crippen LogP contribution in [0.1, 0.15) is 18.4 Å². The molecule has 0 spiro atoms. The molecule has 0 radical (unpaired) electrons. The number of benzene rings is 1. The van der Waals surface area contributed by atoms with Crippen molar-refractivity contribution in [1.82, 2.24) is 5.32 Å². The van der Waals surface area contributed by atoms with Crippen LogP contribution in [-0.4, -0.2) is 31.5 Å². The van der Waals surface area contributed by atoms with Gasteiger partial charge >= 0.3 is 0 Å². The average molecular weight is 272 g/mol. The Morgan fingerprint density at radius 1 is 1.33 bits per heavy atom. The average Bonchev–Trinajstić information content (AvgIpc) is 3.17. The van der Waals surface area contributed by atoms with Gasteiger partial charge in [0.15, 0.2) is 11.5 Å². The van der Waals surface area contributed by atoms with Crippen LogP contribution >= 0.6 is 11.6 Å². The van der Waals surface area contributed by atoms with E-state index in [1.165, 1.54) is 0 Å². The highest BCUT2D eigenvalue weighted by molar-refractivity contribution is 6.33. The van der Waals surface area contributed by atoms with E-state index in [4.69, 9.17) is 21.1 Å². The summed E-state index contributed by atoms with van der Waals surface area (Å²) in [5, 5.41) is 13.1. The van der Waals surface area contributed by atoms with Crippen LogP contribution in [0, 0.1) is 0 Å². The lowest BCUT2D eigenvalue weighted by Gasteiger charge is -2.17. The molecule has 18 heavy (non-hydrogen) atoms. The molecule has 0 amide bonds. The number of rotatable bonds is 6. The third kappa shape index (κ3) is 2.55. The smallest absolute Gasteiger partial charge is 0.179 e. The van der Waals surface area contributed by atoms with E-state index in [-0.39, 0.29) is 12.1 Å². The van der Waals surface area contributed by atoms with Crippen molar-refractivity contribution < 1.29 is 14.6 Å². The van der Waals surface area contributed by atoms with Gasteiger partial charge < -0.3 is 19.9 Å². The summed E-state index contributed by atoms with van der Waals surface area (Å²) in [7, 11) is 3.15. The number of ether oxygens (including phenoxy) is 2. The Morgan fingerprint density at radius 2 is 2.06 bits per heavy atom. The third-order valence-electron chi connectivity index (χ3n) is 3.38. The molecule has 1 aliphatic rings. The Kier molecular flexibility index (Phi) is 4.00. The predicted molar refractivity (Wildman–Crippen MR) is 70.4 cm³/mol. The lowest BCUT2D eigenvalue weighted by molar-refractivity contribution is 0.229. The second-order valence-corrected chi connectivity index (χ2v) is 4.94. The fraction of sp³-hybridized carbons (Fsp3) is 0.538. The molecule has 1 aromatic carbocycles. The molecule has 2 rings (SSSR count). The Labute approximate surface area is 112 Å². The first kappa shape index (κ1) is 13.5. The van der Waals surface area contributed by atoms with Crippen LogP contribution in [0.4, 0.5) is 0 Å². The number of hydrogen-bond acceptors (Lipinski definition) is 4. The highest BCUT2D eigenvalue weighted by Crippen LogP contribution is 2.39. The molecule has 5 heteroatoms. The van der Waals surface area contributed by atoms with Crippen LogP contribution in [0.3, 0.4) is 0 Å². The van der Waals surface area contributed by atoms with Crippen molar-refractivity contribution in [2.45, 2.75) is 24.9 Å². The molecule has 0 saturated heterocycles. The molecule has 1 aromatic rings. The van der Waals surface area contributed by atoms with E-state index in [1.807, 2.05) is 12.1 Å². The van der Waals surface area contributed by atoms with Crippen molar-refractivity contribution in [2.75, 3.05) is 20.8 Å². The SMILES string of the molecule is COc1ccc(CNC2(CO)CC2)c(Cl)c1OC. The Hall–Kier alpha value is -0.970. The van der Waals surface area contributed by atoms with E-state index in [2.05, 4.69) is 5.32 Å². The summed E-state index contributed by atoms with van der Waals surface area (Å²) < 4.78 is 10.4. The van der Waals surface area contributed by atoms with E-state index >= 15 is 0 Å². The van der Waals surface area contributed by atoms with Gasteiger partial charge in [-0.2, -0.15) is 0 Å². The minimum Gasteiger partial charge on any atom is -0.493 e. The number of halogens is 1. The summed E-state index contributed by atoms with van der Waals surface area (Å²) in [6.45, 7) is 0.775. The van der Waals surface area contributed by atoms with E-state index in [9.17, 15) is 5.11 Å². The molecule has 0 aromatic heterocycles. The fourth-order valence-corrected chi connectivity index (χ4v) is 2.19. The summed E-state index contributed by atoms with van der Waals surface area (Å²) in [5.41, 5.74) is 0.838. The summed E-state index contributed by atoms with van der Waals surface area (Å²) in [4.78, 5) is 0. The van der Waals surface area contributed by atoms with E-state index < -0.39 is 0 Å². The Bertz CT molecular complexity index is 432. The van der Waals surface area contributed by atoms with Gasteiger partial charge in [0.05, 0.1) is 25.8 Å². The Balaban J connectivity index is 2.13. The van der Waals surface area contributed by atoms with Gasteiger partial charge in [0.1, 0.15) is 0 Å². The van der Waals surface area contributed by atoms with Crippen molar-refractivity contribution in [3.05, 3.63) is 22.7 Å². The summed E-state index contributed by atoms with van der Waals surface area (Å²) >= 11 is 6.28. The lowest BCUT2D eigenvalue weighted by atomic mass is 10.1. The van der Waals surface area contributed by atoms with Crippen molar-refractivity contribution >= 4 is 11.6 Å². The molecule has 0 atom stereocenters. The molecule has 0 heterocycles. The van der Waals surface area contributed by atoms with E-state index in [0.717, 1.165) is 18.4 Å². The van der Waals surface area contributed by atoms with Crippen LogP contribution in [-0.2, 0) is 6.54 Å². The molecule has 0 unspecified atom stereocenters. The highest BCUT2D eigenvalue weighted by Gasteiger charge is 2.41. The molecule has 2 N–H and O–H groups in total. The minimum atomic E-state index is -0.101. The van der Waals surface area contributed by atoms with Gasteiger partial charge in [-0.15, -0.1) is 0 Å². The Morgan fingerprint density at radius 3 is 2.56 bits per heavy atom. The van der Waals surface area contributed by atoms with Gasteiger partial charge in [0.2, 0.25) is 0 Å². The topological polar surface area (TPSA) is 50.7 Å². The quantitative estimate of drug-likeness (QED) is 0.831. The first-order valence-corrected chi connectivity index (χ1v) is 6.29. The number of aliphatic hydroxyl groups excluding tert-OH is 1. The van der Waals surface area contributed by atoms with Gasteiger partial charge in [-0.25, -0.2) is 0 Å². The molecule has 1 saturated carbocycles. The fourth-order valence-electron chi connectivity index (χ4n) is 1.89. The zero-order valence-corrected chi connectivity index (χ0v) is 11.4. The normalized spacial score (nSPS) is 16.4. The molecule has 1 aliphatic carbocycles. The van der Waals surface area contributed by atoms with Crippen molar-refractivity contribution in [1.29, 1.82) is 0 Å². The molecular formula is C13H18ClNO3.